The maximum Gasteiger partial charge on any atom is 0.163 e. The Morgan fingerprint density at radius 2 is 1.28 bits per heavy atom. The summed E-state index contributed by atoms with van der Waals surface area (Å²) in [5.74, 6) is 0.512. The predicted molar refractivity (Wildman–Crippen MR) is 220 cm³/mol. The molecule has 3 N–H and O–H groups in total. The van der Waals surface area contributed by atoms with E-state index in [1.165, 1.54) is 54.7 Å². The number of methoxy groups -OCH3 is 1. The van der Waals surface area contributed by atoms with Crippen molar-refractivity contribution in [3.05, 3.63) is 160 Å². The highest BCUT2D eigenvalue weighted by atomic mass is 16.5. The molecule has 0 aliphatic rings. The number of Topliss-reactive ketones (excluding diaryl/α,β-unsaturated/α-hetero) is 1. The van der Waals surface area contributed by atoms with Crippen molar-refractivity contribution in [1.82, 2.24) is 4.98 Å². The predicted octanol–water partition coefficient (Wildman–Crippen LogP) is 10.1. The molecule has 6 heteroatoms. The standard InChI is InChI=1S/C48H54N2O4/c1-54-47-32-40(27-28-45(52)34-44(51)22-13-5-3-2-4-8-15-36-16-9-6-10-17-36)42(31-46(47)53)30-43-35-50-48(49)33-41(43)26-25-39-21-14-20-38(29-39)24-23-37-18-11-7-12-19-37/h6-7,9-12,14,16-21,27-29,31-33,35,53H,2-5,8,13,15,22-26,30,34H2,1H3,(H2,49,50). The molecule has 0 unspecified atom stereocenters. The number of hydrogen-bond donors (Lipinski definition) is 2. The average Bonchev–Trinajstić information content (AvgIpc) is 3.18. The maximum absolute atomic E-state index is 12.9. The fourth-order valence-corrected chi connectivity index (χ4v) is 6.92. The van der Waals surface area contributed by atoms with E-state index in [-0.39, 0.29) is 23.7 Å². The van der Waals surface area contributed by atoms with Crippen LogP contribution in [0.4, 0.5) is 5.82 Å². The SMILES string of the molecule is COc1cc(C=CC(=O)CC(=O)CCCCCCCCc2ccccc2)c(Cc2cnc(N)cc2CCc2cccc(CCc3ccccc3)c2)cc1O. The van der Waals surface area contributed by atoms with Crippen molar-refractivity contribution in [2.75, 3.05) is 12.8 Å². The molecule has 0 fully saturated rings. The van der Waals surface area contributed by atoms with Crippen LogP contribution in [0.1, 0.15) is 95.9 Å². The Morgan fingerprint density at radius 3 is 1.98 bits per heavy atom. The Labute approximate surface area is 321 Å². The monoisotopic (exact) mass is 722 g/mol. The van der Waals surface area contributed by atoms with Gasteiger partial charge in [-0.25, -0.2) is 4.98 Å². The van der Waals surface area contributed by atoms with Gasteiger partial charge in [-0.05, 0) is 120 Å². The normalized spacial score (nSPS) is 11.2. The number of hydrogen-bond acceptors (Lipinski definition) is 6. The summed E-state index contributed by atoms with van der Waals surface area (Å²) in [6, 6.07) is 35.2. The molecule has 1 heterocycles. The summed E-state index contributed by atoms with van der Waals surface area (Å²) in [5.41, 5.74) is 15.1. The highest BCUT2D eigenvalue weighted by Gasteiger charge is 2.14. The number of anilines is 1. The minimum Gasteiger partial charge on any atom is -0.504 e. The Kier molecular flexibility index (Phi) is 15.6. The second-order valence-corrected chi connectivity index (χ2v) is 14.2. The molecule has 0 amide bonds. The van der Waals surface area contributed by atoms with Gasteiger partial charge in [0, 0.05) is 12.6 Å². The Bertz CT molecular complexity index is 1970. The largest absolute Gasteiger partial charge is 0.504 e. The lowest BCUT2D eigenvalue weighted by atomic mass is 9.93. The number of ketones is 2. The maximum atomic E-state index is 12.9. The molecular formula is C48H54N2O4. The van der Waals surface area contributed by atoms with E-state index in [2.05, 4.69) is 77.8 Å². The summed E-state index contributed by atoms with van der Waals surface area (Å²) in [5, 5.41) is 10.7. The summed E-state index contributed by atoms with van der Waals surface area (Å²) in [6.07, 6.45) is 16.9. The number of phenolic OH excluding ortho intramolecular Hbond substituents is 1. The molecule has 1 aromatic heterocycles. The highest BCUT2D eigenvalue weighted by molar-refractivity contribution is 6.06. The van der Waals surface area contributed by atoms with Crippen molar-refractivity contribution in [1.29, 1.82) is 0 Å². The number of nitrogen functional groups attached to an aromatic ring is 1. The second-order valence-electron chi connectivity index (χ2n) is 14.2. The Morgan fingerprint density at radius 1 is 0.667 bits per heavy atom. The van der Waals surface area contributed by atoms with Gasteiger partial charge in [0.15, 0.2) is 17.3 Å². The van der Waals surface area contributed by atoms with E-state index in [4.69, 9.17) is 10.5 Å². The van der Waals surface area contributed by atoms with E-state index >= 15 is 0 Å². The molecule has 0 spiro atoms. The average molecular weight is 723 g/mol. The number of allylic oxidation sites excluding steroid dienone is 1. The van der Waals surface area contributed by atoms with E-state index in [9.17, 15) is 14.7 Å². The zero-order chi connectivity index (χ0) is 38.0. The lowest BCUT2D eigenvalue weighted by Crippen LogP contribution is -2.05. The lowest BCUT2D eigenvalue weighted by molar-refractivity contribution is -0.124. The van der Waals surface area contributed by atoms with Crippen LogP contribution >= 0.6 is 0 Å². The number of carbonyl (C=O) groups is 2. The summed E-state index contributed by atoms with van der Waals surface area (Å²) in [4.78, 5) is 29.9. The van der Waals surface area contributed by atoms with Gasteiger partial charge >= 0.3 is 0 Å². The number of nitrogens with two attached hydrogens (primary N) is 1. The van der Waals surface area contributed by atoms with Gasteiger partial charge in [-0.3, -0.25) is 9.59 Å². The summed E-state index contributed by atoms with van der Waals surface area (Å²) in [6.45, 7) is 0. The minimum atomic E-state index is -0.236. The van der Waals surface area contributed by atoms with Gasteiger partial charge in [0.05, 0.1) is 13.5 Å². The number of aromatic nitrogens is 1. The molecule has 5 aromatic rings. The molecule has 0 radical (unpaired) electrons. The van der Waals surface area contributed by atoms with Gasteiger partial charge in [0.25, 0.3) is 0 Å². The topological polar surface area (TPSA) is 103 Å². The zero-order valence-electron chi connectivity index (χ0n) is 31.6. The van der Waals surface area contributed by atoms with E-state index in [1.807, 2.05) is 18.2 Å². The first-order valence-corrected chi connectivity index (χ1v) is 19.4. The molecular weight excluding hydrogens is 669 g/mol. The number of rotatable bonds is 22. The van der Waals surface area contributed by atoms with Crippen LogP contribution in [0, 0.1) is 0 Å². The van der Waals surface area contributed by atoms with Crippen LogP contribution in [-0.2, 0) is 48.1 Å². The first-order chi connectivity index (χ1) is 26.4. The van der Waals surface area contributed by atoms with Crippen molar-refractivity contribution >= 4 is 23.5 Å². The van der Waals surface area contributed by atoms with E-state index in [1.54, 1.807) is 24.4 Å². The van der Waals surface area contributed by atoms with Crippen molar-refractivity contribution in [2.45, 2.75) is 89.9 Å². The molecule has 0 bridgehead atoms. The van der Waals surface area contributed by atoms with Gasteiger partial charge in [-0.2, -0.15) is 0 Å². The summed E-state index contributed by atoms with van der Waals surface area (Å²) >= 11 is 0. The zero-order valence-corrected chi connectivity index (χ0v) is 31.6. The van der Waals surface area contributed by atoms with Crippen LogP contribution in [0.2, 0.25) is 0 Å². The number of phenols is 1. The van der Waals surface area contributed by atoms with Gasteiger partial charge in [0.2, 0.25) is 0 Å². The van der Waals surface area contributed by atoms with Crippen LogP contribution in [0.15, 0.2) is 115 Å². The molecule has 0 aliphatic heterocycles. The van der Waals surface area contributed by atoms with Crippen molar-refractivity contribution < 1.29 is 19.4 Å². The number of aryl methyl sites for hydroxylation is 5. The molecule has 0 saturated carbocycles. The lowest BCUT2D eigenvalue weighted by Gasteiger charge is -2.14. The highest BCUT2D eigenvalue weighted by Crippen LogP contribution is 2.32. The number of nitrogens with zero attached hydrogens (tertiary/aromatic N) is 1. The van der Waals surface area contributed by atoms with Gasteiger partial charge in [0.1, 0.15) is 11.6 Å². The summed E-state index contributed by atoms with van der Waals surface area (Å²) in [7, 11) is 1.50. The number of pyridine rings is 1. The fourth-order valence-electron chi connectivity index (χ4n) is 6.92. The van der Waals surface area contributed by atoms with Gasteiger partial charge in [-0.15, -0.1) is 0 Å². The molecule has 54 heavy (non-hydrogen) atoms. The summed E-state index contributed by atoms with van der Waals surface area (Å²) < 4.78 is 5.40. The Balaban J connectivity index is 1.14. The number of unbranched alkanes of at least 4 members (excludes halogenated alkanes) is 5. The number of benzene rings is 4. The second kappa shape index (κ2) is 21.3. The minimum absolute atomic E-state index is 0.0135. The van der Waals surface area contributed by atoms with Gasteiger partial charge in [-0.1, -0.05) is 117 Å². The molecule has 6 nitrogen and oxygen atoms in total. The van der Waals surface area contributed by atoms with Gasteiger partial charge < -0.3 is 15.6 Å². The van der Waals surface area contributed by atoms with Crippen LogP contribution in [0.25, 0.3) is 6.08 Å². The first kappa shape index (κ1) is 39.7. The molecule has 0 atom stereocenters. The third-order valence-electron chi connectivity index (χ3n) is 9.98. The van der Waals surface area contributed by atoms with E-state index < -0.39 is 0 Å². The quantitative estimate of drug-likeness (QED) is 0.0419. The molecule has 0 saturated heterocycles. The number of ether oxygens (including phenoxy) is 1. The number of carbonyl (C=O) groups excluding carboxylic acids is 2. The third kappa shape index (κ3) is 13.2. The smallest absolute Gasteiger partial charge is 0.163 e. The van der Waals surface area contributed by atoms with Crippen molar-refractivity contribution in [2.24, 2.45) is 0 Å². The van der Waals surface area contributed by atoms with Crippen LogP contribution in [-0.4, -0.2) is 28.8 Å². The van der Waals surface area contributed by atoms with Crippen molar-refractivity contribution in [3.8, 4) is 11.5 Å². The van der Waals surface area contributed by atoms with E-state index in [0.717, 1.165) is 73.6 Å². The number of aromatic hydroxyl groups is 1. The third-order valence-corrected chi connectivity index (χ3v) is 9.98. The molecule has 0 aliphatic carbocycles. The van der Waals surface area contributed by atoms with Crippen molar-refractivity contribution in [3.63, 3.8) is 0 Å². The molecule has 4 aromatic carbocycles. The molecule has 280 valence electrons. The van der Waals surface area contributed by atoms with Crippen LogP contribution in [0.5, 0.6) is 11.5 Å². The van der Waals surface area contributed by atoms with E-state index in [0.29, 0.717) is 24.4 Å². The van der Waals surface area contributed by atoms with Crippen LogP contribution in [0.3, 0.4) is 0 Å². The Hall–Kier alpha value is -5.49. The fraction of sp³-hybridized carbons (Fsp3) is 0.312. The van der Waals surface area contributed by atoms with Crippen LogP contribution < -0.4 is 10.5 Å². The first-order valence-electron chi connectivity index (χ1n) is 19.4. The molecule has 5 rings (SSSR count).